The Labute approximate surface area is 303 Å². The molecule has 2 aliphatic carbocycles. The standard InChI is InChI=1S/C38H29ClF2N6O4S/c1-50-31-23(39)13-22-21(30(31)41)7-9-24(22)44-34-32-19(10-11-42-34)12-26(52-32)28-27(35-45-46-37(49)51-35)25(8-4-17-2-5-20(40)6-3-17)43-33-29(28)36(48)47-16-18-14-38(33,47)15-18/h2-3,5-6,10-13,18,24H,4,7-9,14-16H2,1H3,(H,42,44)(H,46,49)/t18?,24-,38?/m1/s1. The summed E-state index contributed by atoms with van der Waals surface area (Å²) in [6, 6.07) is 11.8. The van der Waals surface area contributed by atoms with E-state index in [4.69, 9.17) is 30.7 Å². The van der Waals surface area contributed by atoms with Crippen LogP contribution in [0.5, 0.6) is 5.75 Å². The molecule has 6 aromatic rings. The van der Waals surface area contributed by atoms with Gasteiger partial charge in [0.05, 0.1) is 50.9 Å². The fourth-order valence-electron chi connectivity index (χ4n) is 8.86. The quantitative estimate of drug-likeness (QED) is 0.164. The lowest BCUT2D eigenvalue weighted by atomic mass is 9.71. The number of H-pyrrole nitrogens is 1. The maximum absolute atomic E-state index is 15.3. The summed E-state index contributed by atoms with van der Waals surface area (Å²) in [5, 5.41) is 11.3. The van der Waals surface area contributed by atoms with Gasteiger partial charge in [0.25, 0.3) is 11.8 Å². The van der Waals surface area contributed by atoms with Crippen LogP contribution in [0.4, 0.5) is 14.6 Å². The summed E-state index contributed by atoms with van der Waals surface area (Å²) in [7, 11) is 1.40. The highest BCUT2D eigenvalue weighted by Gasteiger charge is 2.65. The number of hydrogen-bond donors (Lipinski definition) is 2. The fraction of sp³-hybridized carbons (Fsp3) is 0.289. The summed E-state index contributed by atoms with van der Waals surface area (Å²) in [4.78, 5) is 39.5. The van der Waals surface area contributed by atoms with Gasteiger partial charge in [-0.15, -0.1) is 16.4 Å². The van der Waals surface area contributed by atoms with Crippen LogP contribution < -0.4 is 15.8 Å². The van der Waals surface area contributed by atoms with E-state index in [1.165, 1.54) is 30.6 Å². The summed E-state index contributed by atoms with van der Waals surface area (Å²) in [6.45, 7) is 0.677. The summed E-state index contributed by atoms with van der Waals surface area (Å²) in [5.74, 6) is -0.435. The summed E-state index contributed by atoms with van der Waals surface area (Å²) < 4.78 is 40.7. The molecule has 4 aromatic heterocycles. The number of halogens is 3. The van der Waals surface area contributed by atoms with Gasteiger partial charge in [0, 0.05) is 23.2 Å². The van der Waals surface area contributed by atoms with Gasteiger partial charge in [-0.25, -0.2) is 23.7 Å². The van der Waals surface area contributed by atoms with E-state index in [9.17, 15) is 14.0 Å². The number of nitrogens with one attached hydrogen (secondary N) is 2. The Morgan fingerprint density at radius 2 is 1.94 bits per heavy atom. The van der Waals surface area contributed by atoms with Crippen LogP contribution in [0.15, 0.2) is 57.9 Å². The summed E-state index contributed by atoms with van der Waals surface area (Å²) in [6.07, 6.45) is 5.54. The molecule has 14 heteroatoms. The highest BCUT2D eigenvalue weighted by atomic mass is 35.5. The Morgan fingerprint density at radius 1 is 1.12 bits per heavy atom. The summed E-state index contributed by atoms with van der Waals surface area (Å²) >= 11 is 7.86. The van der Waals surface area contributed by atoms with Crippen LogP contribution in [0.25, 0.3) is 32.0 Å². The van der Waals surface area contributed by atoms with Crippen LogP contribution in [-0.2, 0) is 24.8 Å². The van der Waals surface area contributed by atoms with Gasteiger partial charge in [0.15, 0.2) is 11.6 Å². The molecule has 1 spiro atoms. The Balaban J connectivity index is 1.13. The first kappa shape index (κ1) is 31.6. The third-order valence-electron chi connectivity index (χ3n) is 11.2. The number of nitrogens with zero attached hydrogens (tertiary/aromatic N) is 4. The van der Waals surface area contributed by atoms with E-state index in [1.807, 2.05) is 17.0 Å². The SMILES string of the molecule is COc1c(Cl)cc2c(c1F)CC[C@H]2Nc1nccc2cc(-c3c4c(nc(CCc5ccc(F)cc5)c3-c3n[nH]c(=O)o3)C35CC(CN3C4=O)C5)sc12. The number of anilines is 1. The zero-order valence-corrected chi connectivity index (χ0v) is 29.3. The Hall–Kier alpha value is -5.14. The van der Waals surface area contributed by atoms with E-state index in [1.54, 1.807) is 24.4 Å². The first-order chi connectivity index (χ1) is 25.2. The molecular weight excluding hydrogens is 710 g/mol. The molecule has 52 heavy (non-hydrogen) atoms. The Kier molecular flexibility index (Phi) is 6.94. The molecular formula is C38H29ClF2N6O4S. The molecule has 10 nitrogen and oxygen atoms in total. The first-order valence-electron chi connectivity index (χ1n) is 17.1. The molecule has 1 saturated carbocycles. The lowest BCUT2D eigenvalue weighted by Gasteiger charge is -2.37. The van der Waals surface area contributed by atoms with Crippen molar-refractivity contribution in [3.05, 3.63) is 110 Å². The van der Waals surface area contributed by atoms with E-state index in [0.717, 1.165) is 44.6 Å². The van der Waals surface area contributed by atoms with Crippen molar-refractivity contribution in [2.75, 3.05) is 19.0 Å². The molecule has 262 valence electrons. The second-order valence-corrected chi connectivity index (χ2v) is 15.5. The zero-order chi connectivity index (χ0) is 35.5. The van der Waals surface area contributed by atoms with Gasteiger partial charge in [-0.05, 0) is 96.9 Å². The highest BCUT2D eigenvalue weighted by Crippen LogP contribution is 2.63. The predicted molar refractivity (Wildman–Crippen MR) is 191 cm³/mol. The van der Waals surface area contributed by atoms with Crippen molar-refractivity contribution in [1.82, 2.24) is 25.1 Å². The van der Waals surface area contributed by atoms with Crippen molar-refractivity contribution in [3.63, 3.8) is 0 Å². The number of aromatic nitrogens is 4. The second kappa shape index (κ2) is 11.4. The molecule has 2 aromatic carbocycles. The minimum absolute atomic E-state index is 0.0408. The molecule has 5 aliphatic rings. The average Bonchev–Trinajstić information content (AvgIpc) is 3.97. The van der Waals surface area contributed by atoms with Crippen molar-refractivity contribution in [1.29, 1.82) is 0 Å². The number of benzene rings is 2. The number of methoxy groups -OCH3 is 1. The minimum atomic E-state index is -0.726. The third kappa shape index (κ3) is 4.54. The maximum atomic E-state index is 15.3. The van der Waals surface area contributed by atoms with Gasteiger partial charge in [-0.2, -0.15) is 0 Å². The molecule has 1 amide bonds. The van der Waals surface area contributed by atoms with Gasteiger partial charge < -0.3 is 19.4 Å². The second-order valence-electron chi connectivity index (χ2n) is 14.0. The minimum Gasteiger partial charge on any atom is -0.492 e. The fourth-order valence-corrected chi connectivity index (χ4v) is 10.3. The van der Waals surface area contributed by atoms with Crippen molar-refractivity contribution < 1.29 is 22.7 Å². The van der Waals surface area contributed by atoms with Crippen LogP contribution in [0.1, 0.15) is 63.7 Å². The molecule has 3 fully saturated rings. The number of amides is 1. The van der Waals surface area contributed by atoms with Gasteiger partial charge in [-0.1, -0.05) is 23.7 Å². The van der Waals surface area contributed by atoms with Crippen molar-refractivity contribution >= 4 is 44.7 Å². The van der Waals surface area contributed by atoms with Crippen molar-refractivity contribution in [2.45, 2.75) is 50.1 Å². The van der Waals surface area contributed by atoms with Gasteiger partial charge in [-0.3, -0.25) is 9.78 Å². The van der Waals surface area contributed by atoms with Crippen molar-refractivity contribution in [2.24, 2.45) is 5.92 Å². The van der Waals surface area contributed by atoms with Gasteiger partial charge in [0.2, 0.25) is 0 Å². The number of fused-ring (bicyclic) bond motifs is 3. The summed E-state index contributed by atoms with van der Waals surface area (Å²) in [5.41, 5.74) is 4.77. The van der Waals surface area contributed by atoms with E-state index in [0.29, 0.717) is 71.9 Å². The molecule has 1 atom stereocenters. The third-order valence-corrected chi connectivity index (χ3v) is 12.6. The number of ether oxygens (including phenoxy) is 1. The van der Waals surface area contributed by atoms with E-state index < -0.39 is 17.1 Å². The molecule has 11 rings (SSSR count). The number of pyridine rings is 2. The number of thiophene rings is 1. The predicted octanol–water partition coefficient (Wildman–Crippen LogP) is 7.60. The molecule has 0 radical (unpaired) electrons. The Bertz CT molecular complexity index is 2540. The van der Waals surface area contributed by atoms with Crippen LogP contribution in [-0.4, -0.2) is 44.6 Å². The lowest BCUT2D eigenvalue weighted by molar-refractivity contribution is 0.0637. The average molecular weight is 739 g/mol. The Morgan fingerprint density at radius 3 is 2.71 bits per heavy atom. The number of aryl methyl sites for hydroxylation is 2. The number of hydrogen-bond acceptors (Lipinski definition) is 9. The molecule has 0 unspecified atom stereocenters. The topological polar surface area (TPSA) is 126 Å². The number of aromatic amines is 1. The van der Waals surface area contributed by atoms with Crippen LogP contribution in [0, 0.1) is 17.6 Å². The normalized spacial score (nSPS) is 21.0. The number of rotatable bonds is 8. The zero-order valence-electron chi connectivity index (χ0n) is 27.7. The molecule has 2 N–H and O–H groups in total. The lowest BCUT2D eigenvalue weighted by Crippen LogP contribution is -2.40. The molecule has 3 aliphatic heterocycles. The monoisotopic (exact) mass is 738 g/mol. The van der Waals surface area contributed by atoms with Gasteiger partial charge in [0.1, 0.15) is 11.6 Å². The van der Waals surface area contributed by atoms with Crippen LogP contribution in [0.2, 0.25) is 5.02 Å². The highest BCUT2D eigenvalue weighted by molar-refractivity contribution is 7.23. The number of carbonyl (C=O) groups is 1. The van der Waals surface area contributed by atoms with Crippen molar-refractivity contribution in [3.8, 4) is 27.6 Å². The number of carbonyl (C=O) groups excluding carboxylic acids is 1. The van der Waals surface area contributed by atoms with Crippen LogP contribution in [0.3, 0.4) is 0 Å². The van der Waals surface area contributed by atoms with Crippen LogP contribution >= 0.6 is 22.9 Å². The van der Waals surface area contributed by atoms with Gasteiger partial charge >= 0.3 is 5.76 Å². The smallest absolute Gasteiger partial charge is 0.434 e. The molecule has 2 saturated heterocycles. The first-order valence-corrected chi connectivity index (χ1v) is 18.3. The van der Waals surface area contributed by atoms with E-state index >= 15 is 4.39 Å². The largest absolute Gasteiger partial charge is 0.492 e. The van der Waals surface area contributed by atoms with E-state index in [2.05, 4.69) is 15.5 Å². The molecule has 2 bridgehead atoms. The van der Waals surface area contributed by atoms with E-state index in [-0.39, 0.29) is 34.4 Å². The maximum Gasteiger partial charge on any atom is 0.434 e. The molecule has 7 heterocycles.